The molecule has 24 heavy (non-hydrogen) atoms. The minimum atomic E-state index is 0.530. The lowest BCUT2D eigenvalue weighted by Crippen LogP contribution is -2.49. The number of hydrogen-bond acceptors (Lipinski definition) is 3. The molecule has 0 N–H and O–H groups in total. The molecule has 3 nitrogen and oxygen atoms in total. The van der Waals surface area contributed by atoms with E-state index in [4.69, 9.17) is 0 Å². The van der Waals surface area contributed by atoms with E-state index in [1.165, 1.54) is 56.9 Å². The molecule has 1 fully saturated rings. The standard InChI is InChI=1S/C21H37N3/c1-6-10-21(11-7-2)24-16-14-23(15-17-24)13-9-8-12-20(22-5)18-19(3)4/h6-7,11,18,21H,1,8-10,12-17H2,2-5H3/b11-7-,22-20-. The van der Waals surface area contributed by atoms with Gasteiger partial charge in [-0.1, -0.05) is 23.8 Å². The first-order chi connectivity index (χ1) is 11.6. The predicted octanol–water partition coefficient (Wildman–Crippen LogP) is 4.33. The van der Waals surface area contributed by atoms with Crippen LogP contribution in [0.3, 0.4) is 0 Å². The third-order valence-corrected chi connectivity index (χ3v) is 4.60. The van der Waals surface area contributed by atoms with Crippen LogP contribution in [0.15, 0.2) is 41.4 Å². The van der Waals surface area contributed by atoms with Crippen molar-refractivity contribution in [2.24, 2.45) is 4.99 Å². The molecule has 0 bridgehead atoms. The molecular formula is C21H37N3. The topological polar surface area (TPSA) is 18.8 Å². The van der Waals surface area contributed by atoms with Crippen molar-refractivity contribution in [1.29, 1.82) is 0 Å². The van der Waals surface area contributed by atoms with Gasteiger partial charge in [-0.25, -0.2) is 0 Å². The second-order valence-corrected chi connectivity index (χ2v) is 6.89. The molecule has 3 heteroatoms. The van der Waals surface area contributed by atoms with Crippen LogP contribution in [0.4, 0.5) is 0 Å². The van der Waals surface area contributed by atoms with E-state index in [0.29, 0.717) is 6.04 Å². The summed E-state index contributed by atoms with van der Waals surface area (Å²) in [7, 11) is 1.90. The first-order valence-electron chi connectivity index (χ1n) is 9.41. The molecular weight excluding hydrogens is 294 g/mol. The zero-order valence-electron chi connectivity index (χ0n) is 16.3. The van der Waals surface area contributed by atoms with Crippen molar-refractivity contribution in [3.8, 4) is 0 Å². The van der Waals surface area contributed by atoms with Crippen molar-refractivity contribution in [2.75, 3.05) is 39.8 Å². The molecule has 1 atom stereocenters. The maximum Gasteiger partial charge on any atom is 0.0344 e. The van der Waals surface area contributed by atoms with Gasteiger partial charge in [0.2, 0.25) is 0 Å². The Kier molecular flexibility index (Phi) is 10.6. The van der Waals surface area contributed by atoms with Gasteiger partial charge >= 0.3 is 0 Å². The molecule has 1 unspecified atom stereocenters. The van der Waals surface area contributed by atoms with E-state index in [-0.39, 0.29) is 0 Å². The number of aliphatic imine (C=N–C) groups is 1. The molecule has 0 amide bonds. The monoisotopic (exact) mass is 331 g/mol. The second kappa shape index (κ2) is 12.2. The van der Waals surface area contributed by atoms with Gasteiger partial charge in [-0.05, 0) is 59.1 Å². The van der Waals surface area contributed by atoms with Crippen LogP contribution < -0.4 is 0 Å². The number of unbranched alkanes of at least 4 members (excludes halogenated alkanes) is 1. The Labute approximate surface area is 149 Å². The Morgan fingerprint density at radius 3 is 2.42 bits per heavy atom. The summed E-state index contributed by atoms with van der Waals surface area (Å²) < 4.78 is 0. The summed E-state index contributed by atoms with van der Waals surface area (Å²) in [6.07, 6.45) is 13.4. The van der Waals surface area contributed by atoms with Crippen molar-refractivity contribution in [2.45, 2.75) is 52.5 Å². The van der Waals surface area contributed by atoms with Crippen LogP contribution >= 0.6 is 0 Å². The highest BCUT2D eigenvalue weighted by Crippen LogP contribution is 2.12. The number of allylic oxidation sites excluding steroid dienone is 3. The zero-order chi connectivity index (χ0) is 17.8. The van der Waals surface area contributed by atoms with Gasteiger partial charge < -0.3 is 4.90 Å². The smallest absolute Gasteiger partial charge is 0.0344 e. The van der Waals surface area contributed by atoms with E-state index in [2.05, 4.69) is 60.4 Å². The fraction of sp³-hybridized carbons (Fsp3) is 0.667. The zero-order valence-corrected chi connectivity index (χ0v) is 16.3. The maximum absolute atomic E-state index is 4.38. The van der Waals surface area contributed by atoms with Crippen LogP contribution in [0.2, 0.25) is 0 Å². The van der Waals surface area contributed by atoms with E-state index in [9.17, 15) is 0 Å². The summed E-state index contributed by atoms with van der Waals surface area (Å²) in [6, 6.07) is 0.530. The molecule has 0 aliphatic carbocycles. The summed E-state index contributed by atoms with van der Waals surface area (Å²) in [5.74, 6) is 0. The summed E-state index contributed by atoms with van der Waals surface area (Å²) in [5.41, 5.74) is 2.57. The SMILES string of the molecule is C=CCC(/C=C\C)N1CCN(CCCC/C(C=C(C)C)=N/C)CC1. The number of rotatable bonds is 10. The average Bonchev–Trinajstić information content (AvgIpc) is 2.57. The molecule has 0 radical (unpaired) electrons. The van der Waals surface area contributed by atoms with Gasteiger partial charge in [0.1, 0.15) is 0 Å². The number of piperazine rings is 1. The van der Waals surface area contributed by atoms with Crippen LogP contribution in [0.25, 0.3) is 0 Å². The van der Waals surface area contributed by atoms with E-state index in [1.54, 1.807) is 0 Å². The molecule has 1 aliphatic heterocycles. The van der Waals surface area contributed by atoms with Crippen molar-refractivity contribution < 1.29 is 0 Å². The van der Waals surface area contributed by atoms with Crippen molar-refractivity contribution in [1.82, 2.24) is 9.80 Å². The maximum atomic E-state index is 4.38. The van der Waals surface area contributed by atoms with E-state index in [1.807, 2.05) is 13.1 Å². The Morgan fingerprint density at radius 2 is 1.88 bits per heavy atom. The largest absolute Gasteiger partial charge is 0.301 e. The van der Waals surface area contributed by atoms with Gasteiger partial charge in [0.05, 0.1) is 0 Å². The lowest BCUT2D eigenvalue weighted by molar-refractivity contribution is 0.111. The van der Waals surface area contributed by atoms with Crippen LogP contribution in [0, 0.1) is 0 Å². The average molecular weight is 332 g/mol. The second-order valence-electron chi connectivity index (χ2n) is 6.89. The third kappa shape index (κ3) is 8.07. The van der Waals surface area contributed by atoms with Crippen LogP contribution in [-0.2, 0) is 0 Å². The van der Waals surface area contributed by atoms with Gasteiger partial charge in [-0.15, -0.1) is 6.58 Å². The summed E-state index contributed by atoms with van der Waals surface area (Å²) in [6.45, 7) is 16.2. The molecule has 0 aromatic rings. The fourth-order valence-corrected chi connectivity index (χ4v) is 3.28. The lowest BCUT2D eigenvalue weighted by atomic mass is 10.1. The first-order valence-corrected chi connectivity index (χ1v) is 9.41. The van der Waals surface area contributed by atoms with Crippen LogP contribution in [-0.4, -0.2) is 61.3 Å². The molecule has 0 aromatic carbocycles. The molecule has 0 saturated carbocycles. The molecule has 0 aromatic heterocycles. The van der Waals surface area contributed by atoms with Crippen LogP contribution in [0.5, 0.6) is 0 Å². The quantitative estimate of drug-likeness (QED) is 0.337. The van der Waals surface area contributed by atoms with Gasteiger partial charge in [0, 0.05) is 45.0 Å². The summed E-state index contributed by atoms with van der Waals surface area (Å²) >= 11 is 0. The lowest BCUT2D eigenvalue weighted by Gasteiger charge is -2.38. The van der Waals surface area contributed by atoms with Gasteiger partial charge in [0.25, 0.3) is 0 Å². The van der Waals surface area contributed by atoms with Crippen molar-refractivity contribution in [3.05, 3.63) is 36.5 Å². The van der Waals surface area contributed by atoms with E-state index < -0.39 is 0 Å². The summed E-state index contributed by atoms with van der Waals surface area (Å²) in [5, 5.41) is 0. The van der Waals surface area contributed by atoms with Crippen molar-refractivity contribution in [3.63, 3.8) is 0 Å². The number of nitrogens with zero attached hydrogens (tertiary/aromatic N) is 3. The van der Waals surface area contributed by atoms with E-state index in [0.717, 1.165) is 12.8 Å². The van der Waals surface area contributed by atoms with Gasteiger partial charge in [-0.3, -0.25) is 9.89 Å². The highest BCUT2D eigenvalue weighted by Gasteiger charge is 2.20. The van der Waals surface area contributed by atoms with E-state index >= 15 is 0 Å². The Balaban J connectivity index is 2.26. The minimum Gasteiger partial charge on any atom is -0.301 e. The molecule has 1 aliphatic rings. The fourth-order valence-electron chi connectivity index (χ4n) is 3.28. The Bertz CT molecular complexity index is 436. The molecule has 136 valence electrons. The van der Waals surface area contributed by atoms with Gasteiger partial charge in [0.15, 0.2) is 0 Å². The molecule has 0 spiro atoms. The highest BCUT2D eigenvalue weighted by atomic mass is 15.3. The molecule has 1 rings (SSSR count). The highest BCUT2D eigenvalue weighted by molar-refractivity contribution is 5.95. The first kappa shape index (κ1) is 20.9. The third-order valence-electron chi connectivity index (χ3n) is 4.60. The number of hydrogen-bond donors (Lipinski definition) is 0. The Hall–Kier alpha value is -1.19. The minimum absolute atomic E-state index is 0.530. The predicted molar refractivity (Wildman–Crippen MR) is 108 cm³/mol. The normalized spacial score (nSPS) is 18.8. The molecule has 1 saturated heterocycles. The van der Waals surface area contributed by atoms with Gasteiger partial charge in [-0.2, -0.15) is 0 Å². The summed E-state index contributed by atoms with van der Waals surface area (Å²) in [4.78, 5) is 9.59. The molecule has 1 heterocycles. The Morgan fingerprint density at radius 1 is 1.17 bits per heavy atom. The van der Waals surface area contributed by atoms with Crippen LogP contribution in [0.1, 0.15) is 46.5 Å². The van der Waals surface area contributed by atoms with Crippen molar-refractivity contribution >= 4 is 5.71 Å².